The molecule has 1 heterocycles. The molecule has 1 aromatic rings. The molecule has 2 unspecified atom stereocenters. The monoisotopic (exact) mass is 349 g/mol. The quantitative estimate of drug-likeness (QED) is 0.627. The number of carbonyl (C=O) groups excluding carboxylic acids is 1. The Kier molecular flexibility index (Phi) is 8.13. The highest BCUT2D eigenvalue weighted by atomic mass is 35.5. The molecule has 0 spiro atoms. The van der Waals surface area contributed by atoms with Gasteiger partial charge in [0.25, 0.3) is 5.97 Å². The van der Waals surface area contributed by atoms with E-state index >= 15 is 0 Å². The Morgan fingerprint density at radius 1 is 1.42 bits per heavy atom. The van der Waals surface area contributed by atoms with Gasteiger partial charge in [0.1, 0.15) is 0 Å². The molecule has 24 heavy (non-hydrogen) atoms. The van der Waals surface area contributed by atoms with Crippen LogP contribution in [0.5, 0.6) is 0 Å². The third-order valence-electron chi connectivity index (χ3n) is 5.04. The van der Waals surface area contributed by atoms with E-state index in [4.69, 9.17) is 16.3 Å². The van der Waals surface area contributed by atoms with E-state index in [1.807, 2.05) is 12.1 Å². The van der Waals surface area contributed by atoms with Crippen molar-refractivity contribution in [2.24, 2.45) is 5.92 Å². The van der Waals surface area contributed by atoms with Crippen molar-refractivity contribution < 1.29 is 9.45 Å². The molecule has 0 amide bonds. The van der Waals surface area contributed by atoms with Crippen LogP contribution in [0, 0.1) is 5.92 Å². The first-order valence-electron chi connectivity index (χ1n) is 9.23. The molecule has 1 saturated heterocycles. The summed E-state index contributed by atoms with van der Waals surface area (Å²) in [5.74, 6) is 0.0124. The van der Waals surface area contributed by atoms with Gasteiger partial charge in [-0.05, 0) is 62.9 Å². The van der Waals surface area contributed by atoms with Crippen molar-refractivity contribution >= 4 is 25.6 Å². The fourth-order valence-corrected chi connectivity index (χ4v) is 3.92. The number of likely N-dealkylation sites (tertiary alicyclic amines) is 1. The number of hydrogen-bond acceptors (Lipinski definition) is 3. The van der Waals surface area contributed by atoms with Gasteiger partial charge in [0.05, 0.1) is 5.92 Å². The van der Waals surface area contributed by atoms with Crippen molar-refractivity contribution in [2.45, 2.75) is 57.9 Å². The molecule has 2 atom stereocenters. The Morgan fingerprint density at radius 3 is 2.92 bits per heavy atom. The highest BCUT2D eigenvalue weighted by Gasteiger charge is 2.26. The summed E-state index contributed by atoms with van der Waals surface area (Å²) in [5.41, 5.74) is 1.32. The average Bonchev–Trinajstić information content (AvgIpc) is 3.05. The summed E-state index contributed by atoms with van der Waals surface area (Å²) < 4.78 is 4.97. The summed E-state index contributed by atoms with van der Waals surface area (Å²) in [6.07, 6.45) is 7.54. The zero-order chi connectivity index (χ0) is 17.4. The molecule has 5 heteroatoms. The van der Waals surface area contributed by atoms with Crippen LogP contribution in [0.25, 0.3) is 0 Å². The summed E-state index contributed by atoms with van der Waals surface area (Å²) in [6.45, 7) is 4.33. The van der Waals surface area contributed by atoms with Crippen LogP contribution in [0.3, 0.4) is 0 Å². The van der Waals surface area contributed by atoms with Gasteiger partial charge in [-0.25, -0.2) is 0 Å². The van der Waals surface area contributed by atoms with Crippen LogP contribution in [-0.2, 0) is 9.45 Å². The smallest absolute Gasteiger partial charge is 0.325 e. The summed E-state index contributed by atoms with van der Waals surface area (Å²) in [5, 5.41) is 0.810. The maximum atomic E-state index is 11.9. The molecular formula is C19H29BClNO2. The normalized spacial score (nSPS) is 19.3. The number of halogens is 1. The number of rotatable bonds is 9. The molecule has 0 aromatic heterocycles. The standard InChI is InChI=1S/C19H29BClNO2/c1-2-3-7-15(19(23)24-20)9-5-12-22-13-6-11-18(22)16-8-4-10-17(21)14-16/h4,8,10,14-15,18H,2-3,5-7,9,11-13,20H2,1H3. The second-order valence-corrected chi connectivity index (χ2v) is 7.19. The molecule has 1 aromatic carbocycles. The fraction of sp³-hybridized carbons (Fsp3) is 0.632. The van der Waals surface area contributed by atoms with E-state index in [9.17, 15) is 4.79 Å². The van der Waals surface area contributed by atoms with Crippen LogP contribution < -0.4 is 0 Å². The Morgan fingerprint density at radius 2 is 2.21 bits per heavy atom. The summed E-state index contributed by atoms with van der Waals surface area (Å²) in [6, 6.07) is 8.69. The summed E-state index contributed by atoms with van der Waals surface area (Å²) in [4.78, 5) is 14.5. The molecule has 0 saturated carbocycles. The van der Waals surface area contributed by atoms with Gasteiger partial charge in [0.2, 0.25) is 0 Å². The predicted octanol–water partition coefficient (Wildman–Crippen LogP) is 4.15. The molecule has 1 aliphatic heterocycles. The van der Waals surface area contributed by atoms with Crippen molar-refractivity contribution in [1.29, 1.82) is 0 Å². The fourth-order valence-electron chi connectivity index (χ4n) is 3.72. The minimum atomic E-state index is -0.0451. The Labute approximate surface area is 152 Å². The Hall–Kier alpha value is -0.995. The third-order valence-corrected chi connectivity index (χ3v) is 5.27. The molecular weight excluding hydrogens is 320 g/mol. The van der Waals surface area contributed by atoms with E-state index in [1.165, 1.54) is 26.5 Å². The molecule has 0 bridgehead atoms. The molecule has 3 nitrogen and oxygen atoms in total. The summed E-state index contributed by atoms with van der Waals surface area (Å²) in [7, 11) is 1.50. The zero-order valence-electron chi connectivity index (χ0n) is 15.0. The first-order chi connectivity index (χ1) is 11.7. The number of nitrogens with zero attached hydrogens (tertiary/aromatic N) is 1. The molecule has 0 aliphatic carbocycles. The van der Waals surface area contributed by atoms with Crippen LogP contribution in [0.15, 0.2) is 24.3 Å². The number of carbonyl (C=O) groups is 1. The largest absolute Gasteiger partial charge is 0.543 e. The van der Waals surface area contributed by atoms with Crippen LogP contribution >= 0.6 is 11.6 Å². The van der Waals surface area contributed by atoms with E-state index in [0.717, 1.165) is 50.2 Å². The van der Waals surface area contributed by atoms with Crippen molar-refractivity contribution in [2.75, 3.05) is 13.1 Å². The van der Waals surface area contributed by atoms with Gasteiger partial charge in [-0.1, -0.05) is 43.5 Å². The lowest BCUT2D eigenvalue weighted by Crippen LogP contribution is -2.26. The van der Waals surface area contributed by atoms with Gasteiger partial charge in [0, 0.05) is 11.1 Å². The Balaban J connectivity index is 1.86. The van der Waals surface area contributed by atoms with E-state index in [0.29, 0.717) is 6.04 Å². The lowest BCUT2D eigenvalue weighted by Gasteiger charge is -2.25. The molecule has 2 rings (SSSR count). The topological polar surface area (TPSA) is 29.5 Å². The van der Waals surface area contributed by atoms with E-state index in [-0.39, 0.29) is 11.9 Å². The number of unbranched alkanes of at least 4 members (excludes halogenated alkanes) is 1. The first-order valence-corrected chi connectivity index (χ1v) is 9.60. The Bertz CT molecular complexity index is 526. The lowest BCUT2D eigenvalue weighted by atomic mass is 9.96. The molecule has 132 valence electrons. The third kappa shape index (κ3) is 5.53. The van der Waals surface area contributed by atoms with Crippen molar-refractivity contribution in [3.05, 3.63) is 34.9 Å². The van der Waals surface area contributed by atoms with Gasteiger partial charge in [-0.2, -0.15) is 0 Å². The van der Waals surface area contributed by atoms with Crippen LogP contribution in [0.4, 0.5) is 0 Å². The maximum Gasteiger partial charge on any atom is 0.325 e. The highest BCUT2D eigenvalue weighted by Crippen LogP contribution is 2.33. The van der Waals surface area contributed by atoms with E-state index in [2.05, 4.69) is 24.0 Å². The van der Waals surface area contributed by atoms with Crippen molar-refractivity contribution in [3.63, 3.8) is 0 Å². The highest BCUT2D eigenvalue weighted by molar-refractivity contribution is 6.30. The second kappa shape index (κ2) is 10.1. The van der Waals surface area contributed by atoms with Crippen molar-refractivity contribution in [3.8, 4) is 0 Å². The first kappa shape index (κ1) is 19.3. The molecule has 0 radical (unpaired) electrons. The minimum Gasteiger partial charge on any atom is -0.543 e. The predicted molar refractivity (Wildman–Crippen MR) is 102 cm³/mol. The average molecular weight is 350 g/mol. The maximum absolute atomic E-state index is 11.9. The van der Waals surface area contributed by atoms with Gasteiger partial charge >= 0.3 is 8.05 Å². The van der Waals surface area contributed by atoms with E-state index in [1.54, 1.807) is 0 Å². The SMILES string of the molecule is BOC(=O)C(CCCC)CCCN1CCCC1c1cccc(Cl)c1. The van der Waals surface area contributed by atoms with Gasteiger partial charge in [0.15, 0.2) is 0 Å². The van der Waals surface area contributed by atoms with Crippen LogP contribution in [0.1, 0.15) is 63.5 Å². The van der Waals surface area contributed by atoms with Crippen LogP contribution in [-0.4, -0.2) is 32.0 Å². The van der Waals surface area contributed by atoms with Gasteiger partial charge in [-0.3, -0.25) is 9.69 Å². The van der Waals surface area contributed by atoms with Crippen LogP contribution in [0.2, 0.25) is 5.02 Å². The number of hydrogen-bond donors (Lipinski definition) is 0. The zero-order valence-corrected chi connectivity index (χ0v) is 15.7. The van der Waals surface area contributed by atoms with Gasteiger partial charge < -0.3 is 4.65 Å². The second-order valence-electron chi connectivity index (χ2n) is 6.75. The van der Waals surface area contributed by atoms with Gasteiger partial charge in [-0.15, -0.1) is 0 Å². The number of benzene rings is 1. The van der Waals surface area contributed by atoms with E-state index < -0.39 is 0 Å². The van der Waals surface area contributed by atoms with Crippen molar-refractivity contribution in [1.82, 2.24) is 4.90 Å². The summed E-state index contributed by atoms with van der Waals surface area (Å²) >= 11 is 6.15. The minimum absolute atomic E-state index is 0.0451. The lowest BCUT2D eigenvalue weighted by molar-refractivity contribution is -0.139. The molecule has 1 aliphatic rings. The molecule has 1 fully saturated rings. The molecule has 0 N–H and O–H groups in total.